The summed E-state index contributed by atoms with van der Waals surface area (Å²) in [6, 6.07) is 5.67. The predicted molar refractivity (Wildman–Crippen MR) is 92.9 cm³/mol. The molecule has 1 saturated heterocycles. The van der Waals surface area contributed by atoms with E-state index in [0.717, 1.165) is 14.5 Å². The summed E-state index contributed by atoms with van der Waals surface area (Å²) >= 11 is 7.02. The fourth-order valence-electron chi connectivity index (χ4n) is 2.44. The summed E-state index contributed by atoms with van der Waals surface area (Å²) in [4.78, 5) is 11.3. The summed E-state index contributed by atoms with van der Waals surface area (Å²) < 4.78 is 13.8. The fourth-order valence-corrected chi connectivity index (χ4v) is 4.03. The summed E-state index contributed by atoms with van der Waals surface area (Å²) in [6.45, 7) is 7.83. The van der Waals surface area contributed by atoms with Crippen molar-refractivity contribution in [3.05, 3.63) is 32.7 Å². The average molecular weight is 434 g/mol. The largest absolute Gasteiger partial charge is 0.481 e. The van der Waals surface area contributed by atoms with Gasteiger partial charge in [0.2, 0.25) is 0 Å². The van der Waals surface area contributed by atoms with Gasteiger partial charge in [0.05, 0.1) is 17.6 Å². The Labute approximate surface area is 148 Å². The van der Waals surface area contributed by atoms with Gasteiger partial charge in [-0.15, -0.1) is 0 Å². The highest BCUT2D eigenvalue weighted by Crippen LogP contribution is 2.44. The van der Waals surface area contributed by atoms with Crippen LogP contribution in [0.15, 0.2) is 27.1 Å². The van der Waals surface area contributed by atoms with E-state index in [1.54, 1.807) is 0 Å². The molecule has 0 spiro atoms. The molecule has 1 fully saturated rings. The summed E-state index contributed by atoms with van der Waals surface area (Å²) in [5.74, 6) is -1.30. The highest BCUT2D eigenvalue weighted by atomic mass is 79.9. The van der Waals surface area contributed by atoms with Crippen LogP contribution >= 0.6 is 31.9 Å². The summed E-state index contributed by atoms with van der Waals surface area (Å²) in [5, 5.41) is 9.31. The van der Waals surface area contributed by atoms with E-state index >= 15 is 0 Å². The van der Waals surface area contributed by atoms with E-state index in [0.29, 0.717) is 0 Å². The van der Waals surface area contributed by atoms with Crippen molar-refractivity contribution in [2.45, 2.75) is 51.1 Å². The lowest BCUT2D eigenvalue weighted by molar-refractivity contribution is -0.137. The van der Waals surface area contributed by atoms with Gasteiger partial charge >= 0.3 is 13.1 Å². The molecule has 1 aromatic rings. The molecule has 120 valence electrons. The quantitative estimate of drug-likeness (QED) is 0.715. The highest BCUT2D eigenvalue weighted by Gasteiger charge is 2.54. The van der Waals surface area contributed by atoms with Crippen LogP contribution in [0.4, 0.5) is 0 Å². The highest BCUT2D eigenvalue weighted by molar-refractivity contribution is 9.11. The van der Waals surface area contributed by atoms with Gasteiger partial charge in [-0.25, -0.2) is 0 Å². The minimum Gasteiger partial charge on any atom is -0.481 e. The van der Waals surface area contributed by atoms with Gasteiger partial charge < -0.3 is 14.4 Å². The van der Waals surface area contributed by atoms with E-state index in [9.17, 15) is 9.90 Å². The molecule has 0 amide bonds. The second kappa shape index (κ2) is 6.26. The van der Waals surface area contributed by atoms with Gasteiger partial charge in [0.1, 0.15) is 0 Å². The monoisotopic (exact) mass is 432 g/mol. The zero-order chi connectivity index (χ0) is 16.7. The minimum absolute atomic E-state index is 0.0714. The van der Waals surface area contributed by atoms with Crippen LogP contribution in [-0.2, 0) is 14.1 Å². The molecule has 0 radical (unpaired) electrons. The lowest BCUT2D eigenvalue weighted by atomic mass is 9.66. The lowest BCUT2D eigenvalue weighted by Crippen LogP contribution is -2.41. The molecule has 1 aromatic carbocycles. The Morgan fingerprint density at radius 2 is 1.64 bits per heavy atom. The smallest absolute Gasteiger partial charge is 0.466 e. The molecule has 1 aliphatic rings. The van der Waals surface area contributed by atoms with Crippen LogP contribution in [0.2, 0.25) is 0 Å². The van der Waals surface area contributed by atoms with Crippen LogP contribution in [0.1, 0.15) is 45.5 Å². The van der Waals surface area contributed by atoms with Gasteiger partial charge in [0, 0.05) is 14.8 Å². The van der Waals surface area contributed by atoms with Gasteiger partial charge in [0.15, 0.2) is 0 Å². The van der Waals surface area contributed by atoms with Crippen molar-refractivity contribution in [3.8, 4) is 0 Å². The molecule has 1 atom stereocenters. The van der Waals surface area contributed by atoms with Gasteiger partial charge in [-0.05, 0) is 45.4 Å². The number of hydrogen-bond donors (Lipinski definition) is 1. The van der Waals surface area contributed by atoms with E-state index in [2.05, 4.69) is 31.9 Å². The van der Waals surface area contributed by atoms with Gasteiger partial charge in [-0.1, -0.05) is 37.9 Å². The molecule has 1 aliphatic heterocycles. The maximum atomic E-state index is 11.3. The first-order valence-electron chi connectivity index (χ1n) is 7.06. The molecule has 0 aromatic heterocycles. The number of carboxylic acid groups (broad SMARTS) is 1. The SMILES string of the molecule is CC1(C)OB(C(CC(=O)O)c2c(Br)cccc2Br)OC1(C)C. The number of halogens is 2. The number of aliphatic carboxylic acids is 1. The molecule has 22 heavy (non-hydrogen) atoms. The van der Waals surface area contributed by atoms with Crippen LogP contribution in [0.5, 0.6) is 0 Å². The number of hydrogen-bond acceptors (Lipinski definition) is 3. The zero-order valence-corrected chi connectivity index (χ0v) is 16.2. The molecule has 0 aliphatic carbocycles. The van der Waals surface area contributed by atoms with E-state index in [1.165, 1.54) is 0 Å². The number of carbonyl (C=O) groups is 1. The molecule has 1 heterocycles. The molecule has 0 bridgehead atoms. The van der Waals surface area contributed by atoms with Crippen LogP contribution < -0.4 is 0 Å². The second-order valence-corrected chi connectivity index (χ2v) is 8.17. The van der Waals surface area contributed by atoms with Crippen LogP contribution in [0.3, 0.4) is 0 Å². The molecule has 4 nitrogen and oxygen atoms in total. The van der Waals surface area contributed by atoms with Crippen LogP contribution in [0.25, 0.3) is 0 Å². The maximum Gasteiger partial charge on any atom is 0.466 e. The summed E-state index contributed by atoms with van der Waals surface area (Å²) in [5.41, 5.74) is -0.145. The maximum absolute atomic E-state index is 11.3. The lowest BCUT2D eigenvalue weighted by Gasteiger charge is -2.32. The minimum atomic E-state index is -0.887. The van der Waals surface area contributed by atoms with Crippen LogP contribution in [-0.4, -0.2) is 29.4 Å². The fraction of sp³-hybridized carbons (Fsp3) is 0.533. The Kier molecular flexibility index (Phi) is 5.12. The van der Waals surface area contributed by atoms with Crippen molar-refractivity contribution in [2.24, 2.45) is 0 Å². The molecule has 1 unspecified atom stereocenters. The van der Waals surface area contributed by atoms with Gasteiger partial charge in [0.25, 0.3) is 0 Å². The normalized spacial score (nSPS) is 20.9. The first-order valence-corrected chi connectivity index (χ1v) is 8.65. The second-order valence-electron chi connectivity index (χ2n) is 6.46. The van der Waals surface area contributed by atoms with Crippen LogP contribution in [0, 0.1) is 0 Å². The van der Waals surface area contributed by atoms with E-state index in [1.807, 2.05) is 45.9 Å². The Morgan fingerprint density at radius 1 is 1.18 bits per heavy atom. The summed E-state index contributed by atoms with van der Waals surface area (Å²) in [6.07, 6.45) is -0.0714. The molecule has 1 N–H and O–H groups in total. The Balaban J connectivity index is 2.43. The third-order valence-corrected chi connectivity index (χ3v) is 5.75. The molecular weight excluding hydrogens is 415 g/mol. The third kappa shape index (κ3) is 3.42. The number of rotatable bonds is 4. The van der Waals surface area contributed by atoms with Crippen molar-refractivity contribution >= 4 is 44.9 Å². The molecule has 0 saturated carbocycles. The Hall–Kier alpha value is -0.365. The zero-order valence-electron chi connectivity index (χ0n) is 13.0. The molecule has 7 heteroatoms. The Bertz CT molecular complexity index is 553. The third-order valence-electron chi connectivity index (χ3n) is 4.37. The van der Waals surface area contributed by atoms with E-state index in [4.69, 9.17) is 9.31 Å². The number of benzene rings is 1. The molecule has 2 rings (SSSR count). The van der Waals surface area contributed by atoms with E-state index < -0.39 is 30.1 Å². The standard InChI is InChI=1S/C15H19BBr2O4/c1-14(2)15(3,4)22-16(21-14)9(8-12(19)20)13-10(17)6-5-7-11(13)18/h5-7,9H,8H2,1-4H3,(H,19,20). The van der Waals surface area contributed by atoms with E-state index in [-0.39, 0.29) is 6.42 Å². The Morgan fingerprint density at radius 3 is 2.05 bits per heavy atom. The summed E-state index contributed by atoms with van der Waals surface area (Å²) in [7, 11) is -0.615. The average Bonchev–Trinajstić information content (AvgIpc) is 2.56. The van der Waals surface area contributed by atoms with Crippen molar-refractivity contribution in [3.63, 3.8) is 0 Å². The number of carboxylic acids is 1. The van der Waals surface area contributed by atoms with Gasteiger partial charge in [-0.3, -0.25) is 4.79 Å². The molecular formula is C15H19BBr2O4. The van der Waals surface area contributed by atoms with Gasteiger partial charge in [-0.2, -0.15) is 0 Å². The predicted octanol–water partition coefficient (Wildman–Crippen LogP) is 4.40. The van der Waals surface area contributed by atoms with Crippen molar-refractivity contribution in [2.75, 3.05) is 0 Å². The first kappa shape index (κ1) is 18.0. The van der Waals surface area contributed by atoms with Crippen molar-refractivity contribution in [1.29, 1.82) is 0 Å². The van der Waals surface area contributed by atoms with Crippen molar-refractivity contribution < 1.29 is 19.2 Å². The first-order chi connectivity index (χ1) is 10.0. The topological polar surface area (TPSA) is 55.8 Å². The van der Waals surface area contributed by atoms with Crippen molar-refractivity contribution in [1.82, 2.24) is 0 Å².